The van der Waals surface area contributed by atoms with Crippen LogP contribution in [0.2, 0.25) is 0 Å². The van der Waals surface area contributed by atoms with Crippen molar-refractivity contribution in [3.63, 3.8) is 0 Å². The van der Waals surface area contributed by atoms with E-state index in [2.05, 4.69) is 5.32 Å². The van der Waals surface area contributed by atoms with Crippen molar-refractivity contribution in [2.75, 3.05) is 13.2 Å². The Bertz CT molecular complexity index is 341. The second kappa shape index (κ2) is 7.92. The summed E-state index contributed by atoms with van der Waals surface area (Å²) in [7, 11) is 0. The maximum absolute atomic E-state index is 11.4. The van der Waals surface area contributed by atoms with E-state index in [1.165, 1.54) is 0 Å². The van der Waals surface area contributed by atoms with E-state index in [1.54, 1.807) is 0 Å². The SMILES string of the molecule is Cc1ccc(OCC(=O)N[C@@H](C)CN)cc1.Cl. The molecule has 0 unspecified atom stereocenters. The van der Waals surface area contributed by atoms with E-state index >= 15 is 0 Å². The fourth-order valence-electron chi connectivity index (χ4n) is 1.16. The Morgan fingerprint density at radius 1 is 1.41 bits per heavy atom. The number of amides is 1. The number of nitrogens with two attached hydrogens (primary N) is 1. The Morgan fingerprint density at radius 3 is 2.53 bits per heavy atom. The summed E-state index contributed by atoms with van der Waals surface area (Å²) >= 11 is 0. The third-order valence-electron chi connectivity index (χ3n) is 2.15. The average molecular weight is 259 g/mol. The standard InChI is InChI=1S/C12H18N2O2.ClH/c1-9-3-5-11(6-4-9)16-8-12(15)14-10(2)7-13;/h3-6,10H,7-8,13H2,1-2H3,(H,14,15);1H/t10-;/m0./s1. The van der Waals surface area contributed by atoms with E-state index < -0.39 is 0 Å². The fraction of sp³-hybridized carbons (Fsp3) is 0.417. The van der Waals surface area contributed by atoms with Crippen LogP contribution in [-0.2, 0) is 4.79 Å². The molecule has 0 aliphatic carbocycles. The predicted octanol–water partition coefficient (Wildman–Crippen LogP) is 1.26. The van der Waals surface area contributed by atoms with E-state index in [-0.39, 0.29) is 31.0 Å². The van der Waals surface area contributed by atoms with Gasteiger partial charge in [0.1, 0.15) is 5.75 Å². The lowest BCUT2D eigenvalue weighted by Gasteiger charge is -2.11. The Balaban J connectivity index is 0.00000256. The molecule has 1 aromatic carbocycles. The van der Waals surface area contributed by atoms with E-state index in [9.17, 15) is 4.79 Å². The average Bonchev–Trinajstić information content (AvgIpc) is 2.28. The summed E-state index contributed by atoms with van der Waals surface area (Å²) in [5.74, 6) is 0.541. The summed E-state index contributed by atoms with van der Waals surface area (Å²) in [5, 5.41) is 2.72. The number of carbonyl (C=O) groups is 1. The minimum Gasteiger partial charge on any atom is -0.484 e. The second-order valence-corrected chi connectivity index (χ2v) is 3.81. The summed E-state index contributed by atoms with van der Waals surface area (Å²) in [6.07, 6.45) is 0. The van der Waals surface area contributed by atoms with Crippen LogP contribution in [0.1, 0.15) is 12.5 Å². The molecule has 1 amide bonds. The van der Waals surface area contributed by atoms with Crippen molar-refractivity contribution in [1.29, 1.82) is 0 Å². The van der Waals surface area contributed by atoms with Crippen LogP contribution < -0.4 is 15.8 Å². The van der Waals surface area contributed by atoms with Gasteiger partial charge in [0.15, 0.2) is 6.61 Å². The van der Waals surface area contributed by atoms with E-state index in [1.807, 2.05) is 38.1 Å². The smallest absolute Gasteiger partial charge is 0.258 e. The zero-order valence-corrected chi connectivity index (χ0v) is 10.9. The zero-order chi connectivity index (χ0) is 12.0. The van der Waals surface area contributed by atoms with Crippen molar-refractivity contribution in [3.05, 3.63) is 29.8 Å². The van der Waals surface area contributed by atoms with Crippen LogP contribution >= 0.6 is 12.4 Å². The lowest BCUT2D eigenvalue weighted by molar-refractivity contribution is -0.123. The minimum atomic E-state index is -0.154. The van der Waals surface area contributed by atoms with Gasteiger partial charge in [0.25, 0.3) is 5.91 Å². The largest absolute Gasteiger partial charge is 0.484 e. The van der Waals surface area contributed by atoms with Gasteiger partial charge in [-0.15, -0.1) is 12.4 Å². The van der Waals surface area contributed by atoms with Gasteiger partial charge in [-0.25, -0.2) is 0 Å². The third-order valence-corrected chi connectivity index (χ3v) is 2.15. The molecule has 17 heavy (non-hydrogen) atoms. The molecular weight excluding hydrogens is 240 g/mol. The zero-order valence-electron chi connectivity index (χ0n) is 10.1. The molecule has 0 spiro atoms. The highest BCUT2D eigenvalue weighted by Crippen LogP contribution is 2.10. The molecule has 96 valence electrons. The van der Waals surface area contributed by atoms with E-state index in [0.29, 0.717) is 12.3 Å². The lowest BCUT2D eigenvalue weighted by Crippen LogP contribution is -2.40. The summed E-state index contributed by atoms with van der Waals surface area (Å²) in [6.45, 7) is 4.30. The molecule has 0 aliphatic rings. The molecule has 5 heteroatoms. The molecule has 0 aromatic heterocycles. The van der Waals surface area contributed by atoms with Gasteiger partial charge < -0.3 is 15.8 Å². The molecule has 1 aromatic rings. The van der Waals surface area contributed by atoms with Gasteiger partial charge in [-0.05, 0) is 26.0 Å². The number of carbonyl (C=O) groups excluding carboxylic acids is 1. The Morgan fingerprint density at radius 2 is 2.00 bits per heavy atom. The highest BCUT2D eigenvalue weighted by atomic mass is 35.5. The molecule has 0 heterocycles. The predicted molar refractivity (Wildman–Crippen MR) is 70.6 cm³/mol. The second-order valence-electron chi connectivity index (χ2n) is 3.81. The molecule has 0 bridgehead atoms. The van der Waals surface area contributed by atoms with Crippen LogP contribution in [-0.4, -0.2) is 25.1 Å². The molecule has 0 fully saturated rings. The third kappa shape index (κ3) is 6.14. The van der Waals surface area contributed by atoms with Crippen molar-refractivity contribution in [3.8, 4) is 5.75 Å². The maximum atomic E-state index is 11.4. The van der Waals surface area contributed by atoms with Crippen molar-refractivity contribution >= 4 is 18.3 Å². The van der Waals surface area contributed by atoms with Crippen LogP contribution in [0.3, 0.4) is 0 Å². The van der Waals surface area contributed by atoms with Crippen molar-refractivity contribution < 1.29 is 9.53 Å². The topological polar surface area (TPSA) is 64.3 Å². The lowest BCUT2D eigenvalue weighted by atomic mass is 10.2. The van der Waals surface area contributed by atoms with Crippen molar-refractivity contribution in [1.82, 2.24) is 5.32 Å². The summed E-state index contributed by atoms with van der Waals surface area (Å²) in [6, 6.07) is 7.55. The number of nitrogens with one attached hydrogen (secondary N) is 1. The number of ether oxygens (including phenoxy) is 1. The Labute approximate surface area is 108 Å². The summed E-state index contributed by atoms with van der Waals surface area (Å²) in [5.41, 5.74) is 6.55. The molecule has 4 nitrogen and oxygen atoms in total. The van der Waals surface area contributed by atoms with Crippen LogP contribution in [0.25, 0.3) is 0 Å². The van der Waals surface area contributed by atoms with Gasteiger partial charge in [-0.1, -0.05) is 17.7 Å². The van der Waals surface area contributed by atoms with Crippen LogP contribution in [0.4, 0.5) is 0 Å². The fourth-order valence-corrected chi connectivity index (χ4v) is 1.16. The molecule has 1 rings (SSSR count). The van der Waals surface area contributed by atoms with E-state index in [0.717, 1.165) is 5.56 Å². The molecule has 0 radical (unpaired) electrons. The molecular formula is C12H19ClN2O2. The molecule has 1 atom stereocenters. The summed E-state index contributed by atoms with van der Waals surface area (Å²) < 4.78 is 5.32. The number of rotatable bonds is 5. The Kier molecular flexibility index (Phi) is 7.34. The number of halogens is 1. The van der Waals surface area contributed by atoms with Gasteiger partial charge in [0.2, 0.25) is 0 Å². The minimum absolute atomic E-state index is 0. The first kappa shape index (κ1) is 15.7. The molecule has 0 saturated heterocycles. The molecule has 0 aliphatic heterocycles. The monoisotopic (exact) mass is 258 g/mol. The summed E-state index contributed by atoms with van der Waals surface area (Å²) in [4.78, 5) is 11.4. The highest BCUT2D eigenvalue weighted by Gasteiger charge is 2.05. The van der Waals surface area contributed by atoms with Crippen LogP contribution in [0.15, 0.2) is 24.3 Å². The number of hydrogen-bond donors (Lipinski definition) is 2. The van der Waals surface area contributed by atoms with Gasteiger partial charge >= 0.3 is 0 Å². The molecule has 0 saturated carbocycles. The van der Waals surface area contributed by atoms with Crippen LogP contribution in [0.5, 0.6) is 5.75 Å². The number of benzene rings is 1. The first-order chi connectivity index (χ1) is 7.61. The quantitative estimate of drug-likeness (QED) is 0.836. The first-order valence-corrected chi connectivity index (χ1v) is 5.30. The number of aryl methyl sites for hydroxylation is 1. The van der Waals surface area contributed by atoms with Crippen LogP contribution in [0, 0.1) is 6.92 Å². The van der Waals surface area contributed by atoms with E-state index in [4.69, 9.17) is 10.5 Å². The van der Waals surface area contributed by atoms with Crippen molar-refractivity contribution in [2.24, 2.45) is 5.73 Å². The van der Waals surface area contributed by atoms with Gasteiger partial charge in [-0.2, -0.15) is 0 Å². The first-order valence-electron chi connectivity index (χ1n) is 5.30. The van der Waals surface area contributed by atoms with Gasteiger partial charge in [-0.3, -0.25) is 4.79 Å². The Hall–Kier alpha value is -1.26. The molecule has 3 N–H and O–H groups in total. The van der Waals surface area contributed by atoms with Crippen molar-refractivity contribution in [2.45, 2.75) is 19.9 Å². The maximum Gasteiger partial charge on any atom is 0.258 e. The highest BCUT2D eigenvalue weighted by molar-refractivity contribution is 5.85. The van der Waals surface area contributed by atoms with Gasteiger partial charge in [0.05, 0.1) is 0 Å². The number of hydrogen-bond acceptors (Lipinski definition) is 3. The van der Waals surface area contributed by atoms with Gasteiger partial charge in [0, 0.05) is 12.6 Å². The normalized spacial score (nSPS) is 11.2.